The molecule has 4 rings (SSSR count). The molecule has 1 heterocycles. The molecule has 0 aromatic heterocycles. The van der Waals surface area contributed by atoms with Crippen LogP contribution in [0.1, 0.15) is 22.3 Å². The van der Waals surface area contributed by atoms with Crippen molar-refractivity contribution >= 4 is 17.5 Å². The van der Waals surface area contributed by atoms with Crippen molar-refractivity contribution in [3.63, 3.8) is 0 Å². The molecule has 0 spiro atoms. The summed E-state index contributed by atoms with van der Waals surface area (Å²) in [5.41, 5.74) is 5.09. The highest BCUT2D eigenvalue weighted by Crippen LogP contribution is 2.23. The van der Waals surface area contributed by atoms with Crippen molar-refractivity contribution in [2.24, 2.45) is 0 Å². The number of fused-ring (bicyclic) bond motifs is 1. The molecular formula is C27H28FN3O2. The summed E-state index contributed by atoms with van der Waals surface area (Å²) >= 11 is 0. The van der Waals surface area contributed by atoms with Gasteiger partial charge >= 0.3 is 0 Å². The van der Waals surface area contributed by atoms with Crippen molar-refractivity contribution in [2.45, 2.75) is 32.4 Å². The van der Waals surface area contributed by atoms with Crippen LogP contribution in [0.25, 0.3) is 0 Å². The van der Waals surface area contributed by atoms with Crippen LogP contribution in [0.15, 0.2) is 72.8 Å². The molecule has 2 amide bonds. The predicted molar refractivity (Wildman–Crippen MR) is 127 cm³/mol. The van der Waals surface area contributed by atoms with Gasteiger partial charge in [-0.3, -0.25) is 14.5 Å². The standard InChI is InChI=1S/C27H28FN3O2/c1-19-6-12-24(13-7-19)30-26(32)18-31-17-22-5-3-2-4-21(22)16-25(31)27(33)29-15-14-20-8-10-23(28)11-9-20/h2-13,25H,14-18H2,1H3,(H,29,33)(H,30,32). The van der Waals surface area contributed by atoms with Crippen LogP contribution in [-0.2, 0) is 29.0 Å². The fourth-order valence-electron chi connectivity index (χ4n) is 4.12. The van der Waals surface area contributed by atoms with Crippen molar-refractivity contribution in [1.29, 1.82) is 0 Å². The van der Waals surface area contributed by atoms with Gasteiger partial charge in [0.1, 0.15) is 5.82 Å². The van der Waals surface area contributed by atoms with Gasteiger partial charge in [0.25, 0.3) is 0 Å². The monoisotopic (exact) mass is 445 g/mol. The Morgan fingerprint density at radius 3 is 2.39 bits per heavy atom. The van der Waals surface area contributed by atoms with E-state index in [4.69, 9.17) is 0 Å². The number of aryl methyl sites for hydroxylation is 1. The molecule has 5 nitrogen and oxygen atoms in total. The third kappa shape index (κ3) is 6.05. The lowest BCUT2D eigenvalue weighted by molar-refractivity contribution is -0.128. The van der Waals surface area contributed by atoms with Crippen molar-refractivity contribution in [1.82, 2.24) is 10.2 Å². The van der Waals surface area contributed by atoms with E-state index in [2.05, 4.69) is 10.6 Å². The van der Waals surface area contributed by atoms with Crippen LogP contribution < -0.4 is 10.6 Å². The number of carbonyl (C=O) groups is 2. The lowest BCUT2D eigenvalue weighted by Crippen LogP contribution is -2.52. The summed E-state index contributed by atoms with van der Waals surface area (Å²) in [5.74, 6) is -0.527. The second kappa shape index (κ2) is 10.4. The molecule has 1 atom stereocenters. The number of rotatable bonds is 7. The molecule has 3 aromatic rings. The number of anilines is 1. The predicted octanol–water partition coefficient (Wildman–Crippen LogP) is 3.86. The van der Waals surface area contributed by atoms with Crippen LogP contribution >= 0.6 is 0 Å². The molecule has 0 fully saturated rings. The zero-order valence-electron chi connectivity index (χ0n) is 18.7. The van der Waals surface area contributed by atoms with Gasteiger partial charge in [0.05, 0.1) is 12.6 Å². The average Bonchev–Trinajstić information content (AvgIpc) is 2.81. The molecule has 3 aromatic carbocycles. The third-order valence-corrected chi connectivity index (χ3v) is 5.96. The minimum Gasteiger partial charge on any atom is -0.354 e. The molecule has 1 aliphatic heterocycles. The minimum atomic E-state index is -0.433. The lowest BCUT2D eigenvalue weighted by atomic mass is 9.93. The molecule has 0 saturated carbocycles. The van der Waals surface area contributed by atoms with Crippen molar-refractivity contribution in [2.75, 3.05) is 18.4 Å². The summed E-state index contributed by atoms with van der Waals surface area (Å²) in [4.78, 5) is 27.8. The summed E-state index contributed by atoms with van der Waals surface area (Å²) < 4.78 is 13.1. The molecule has 0 aliphatic carbocycles. The van der Waals surface area contributed by atoms with E-state index >= 15 is 0 Å². The normalized spacial score (nSPS) is 15.5. The van der Waals surface area contributed by atoms with E-state index < -0.39 is 6.04 Å². The number of nitrogens with one attached hydrogen (secondary N) is 2. The Hall–Kier alpha value is -3.51. The third-order valence-electron chi connectivity index (χ3n) is 5.96. The van der Waals surface area contributed by atoms with Gasteiger partial charge in [0, 0.05) is 18.8 Å². The molecule has 0 radical (unpaired) electrons. The molecular weight excluding hydrogens is 417 g/mol. The first-order valence-electron chi connectivity index (χ1n) is 11.2. The van der Waals surface area contributed by atoms with Gasteiger partial charge in [-0.15, -0.1) is 0 Å². The molecule has 1 unspecified atom stereocenters. The SMILES string of the molecule is Cc1ccc(NC(=O)CN2Cc3ccccc3CC2C(=O)NCCc2ccc(F)cc2)cc1. The molecule has 2 N–H and O–H groups in total. The largest absolute Gasteiger partial charge is 0.354 e. The molecule has 0 saturated heterocycles. The number of carbonyl (C=O) groups excluding carboxylic acids is 2. The number of halogens is 1. The highest BCUT2D eigenvalue weighted by Gasteiger charge is 2.32. The summed E-state index contributed by atoms with van der Waals surface area (Å²) in [6.07, 6.45) is 1.17. The molecule has 170 valence electrons. The van der Waals surface area contributed by atoms with Crippen LogP contribution in [-0.4, -0.2) is 35.8 Å². The first-order valence-corrected chi connectivity index (χ1v) is 11.2. The van der Waals surface area contributed by atoms with Crippen LogP contribution in [0.2, 0.25) is 0 Å². The fraction of sp³-hybridized carbons (Fsp3) is 0.259. The first kappa shape index (κ1) is 22.7. The zero-order chi connectivity index (χ0) is 23.2. The van der Waals surface area contributed by atoms with Crippen LogP contribution in [0.3, 0.4) is 0 Å². The van der Waals surface area contributed by atoms with E-state index in [1.807, 2.05) is 60.4 Å². The van der Waals surface area contributed by atoms with Gasteiger partial charge in [0.15, 0.2) is 0 Å². The van der Waals surface area contributed by atoms with E-state index in [0.29, 0.717) is 25.9 Å². The fourth-order valence-corrected chi connectivity index (χ4v) is 4.12. The second-order valence-corrected chi connectivity index (χ2v) is 8.48. The van der Waals surface area contributed by atoms with Crippen molar-refractivity contribution < 1.29 is 14.0 Å². The quantitative estimate of drug-likeness (QED) is 0.581. The summed E-state index contributed by atoms with van der Waals surface area (Å²) in [6, 6.07) is 21.5. The maximum absolute atomic E-state index is 13.1. The summed E-state index contributed by atoms with van der Waals surface area (Å²) in [6.45, 7) is 3.11. The highest BCUT2D eigenvalue weighted by molar-refractivity contribution is 5.93. The number of amides is 2. The Kier molecular flexibility index (Phi) is 7.15. The van der Waals surface area contributed by atoms with E-state index in [1.54, 1.807) is 12.1 Å². The van der Waals surface area contributed by atoms with Crippen LogP contribution in [0.4, 0.5) is 10.1 Å². The zero-order valence-corrected chi connectivity index (χ0v) is 18.7. The maximum atomic E-state index is 13.1. The summed E-state index contributed by atoms with van der Waals surface area (Å²) in [7, 11) is 0. The maximum Gasteiger partial charge on any atom is 0.238 e. The van der Waals surface area contributed by atoms with Crippen molar-refractivity contribution in [3.8, 4) is 0 Å². The topological polar surface area (TPSA) is 61.4 Å². The van der Waals surface area contributed by atoms with Crippen LogP contribution in [0, 0.1) is 12.7 Å². The second-order valence-electron chi connectivity index (χ2n) is 8.48. The van der Waals surface area contributed by atoms with Gasteiger partial charge in [-0.2, -0.15) is 0 Å². The molecule has 0 bridgehead atoms. The van der Waals surface area contributed by atoms with Crippen LogP contribution in [0.5, 0.6) is 0 Å². The number of hydrogen-bond acceptors (Lipinski definition) is 3. The Morgan fingerprint density at radius 2 is 1.67 bits per heavy atom. The molecule has 6 heteroatoms. The Morgan fingerprint density at radius 1 is 0.970 bits per heavy atom. The van der Waals surface area contributed by atoms with Gasteiger partial charge in [0.2, 0.25) is 11.8 Å². The Labute approximate surface area is 193 Å². The summed E-state index contributed by atoms with van der Waals surface area (Å²) in [5, 5.41) is 5.93. The van der Waals surface area contributed by atoms with Gasteiger partial charge < -0.3 is 10.6 Å². The smallest absolute Gasteiger partial charge is 0.238 e. The minimum absolute atomic E-state index is 0.102. The highest BCUT2D eigenvalue weighted by atomic mass is 19.1. The van der Waals surface area contributed by atoms with Gasteiger partial charge in [-0.05, 0) is 60.7 Å². The Bertz CT molecular complexity index is 1110. The average molecular weight is 446 g/mol. The van der Waals surface area contributed by atoms with E-state index in [-0.39, 0.29) is 24.2 Å². The Balaban J connectivity index is 1.41. The number of hydrogen-bond donors (Lipinski definition) is 2. The van der Waals surface area contributed by atoms with Crippen molar-refractivity contribution in [3.05, 3.63) is 101 Å². The van der Waals surface area contributed by atoms with E-state index in [9.17, 15) is 14.0 Å². The van der Waals surface area contributed by atoms with Gasteiger partial charge in [-0.25, -0.2) is 4.39 Å². The van der Waals surface area contributed by atoms with E-state index in [1.165, 1.54) is 12.1 Å². The number of benzene rings is 3. The van der Waals surface area contributed by atoms with Gasteiger partial charge in [-0.1, -0.05) is 54.1 Å². The lowest BCUT2D eigenvalue weighted by Gasteiger charge is -2.35. The number of nitrogens with zero attached hydrogens (tertiary/aromatic N) is 1. The van der Waals surface area contributed by atoms with E-state index in [0.717, 1.165) is 27.9 Å². The first-order chi connectivity index (χ1) is 16.0. The molecule has 1 aliphatic rings. The molecule has 33 heavy (non-hydrogen) atoms.